The molecule has 0 spiro atoms. The van der Waals surface area contributed by atoms with E-state index in [1.807, 2.05) is 11.3 Å². The lowest BCUT2D eigenvalue weighted by Gasteiger charge is -2.27. The van der Waals surface area contributed by atoms with Gasteiger partial charge >= 0.3 is 0 Å². The quantitative estimate of drug-likeness (QED) is 0.778. The van der Waals surface area contributed by atoms with E-state index in [9.17, 15) is 0 Å². The van der Waals surface area contributed by atoms with Crippen molar-refractivity contribution in [3.8, 4) is 0 Å². The van der Waals surface area contributed by atoms with Crippen molar-refractivity contribution < 1.29 is 9.47 Å². The van der Waals surface area contributed by atoms with Crippen LogP contribution in [0.15, 0.2) is 15.9 Å². The molecule has 1 aliphatic rings. The Morgan fingerprint density at radius 1 is 1.61 bits per heavy atom. The number of hydrogen-bond acceptors (Lipinski definition) is 4. The molecule has 1 aromatic rings. The first-order valence-corrected chi connectivity index (χ1v) is 7.92. The van der Waals surface area contributed by atoms with Crippen molar-refractivity contribution in [2.45, 2.75) is 12.8 Å². The van der Waals surface area contributed by atoms with Gasteiger partial charge in [-0.1, -0.05) is 0 Å². The van der Waals surface area contributed by atoms with Gasteiger partial charge in [0.2, 0.25) is 0 Å². The van der Waals surface area contributed by atoms with Crippen LogP contribution >= 0.6 is 27.3 Å². The molecule has 1 aliphatic heterocycles. The number of hydrogen-bond donors (Lipinski definition) is 1. The van der Waals surface area contributed by atoms with Crippen molar-refractivity contribution in [1.82, 2.24) is 5.32 Å². The average Bonchev–Trinajstić information content (AvgIpc) is 2.97. The average molecular weight is 334 g/mol. The lowest BCUT2D eigenvalue weighted by atomic mass is 9.83. The van der Waals surface area contributed by atoms with Crippen molar-refractivity contribution >= 4 is 27.3 Å². The lowest BCUT2D eigenvalue weighted by Crippen LogP contribution is -2.38. The molecular formula is C13H20BrNO2S. The summed E-state index contributed by atoms with van der Waals surface area (Å²) in [7, 11) is 1.74. The Kier molecular flexibility index (Phi) is 5.63. The second-order valence-electron chi connectivity index (χ2n) is 4.84. The predicted octanol–water partition coefficient (Wildman–Crippen LogP) is 2.70. The molecule has 2 heterocycles. The summed E-state index contributed by atoms with van der Waals surface area (Å²) in [5, 5.41) is 5.63. The molecule has 1 unspecified atom stereocenters. The van der Waals surface area contributed by atoms with Crippen molar-refractivity contribution in [1.29, 1.82) is 0 Å². The highest BCUT2D eigenvalue weighted by Crippen LogP contribution is 2.36. The number of methoxy groups -OCH3 is 1. The number of thiophene rings is 1. The van der Waals surface area contributed by atoms with Gasteiger partial charge in [-0.25, -0.2) is 0 Å². The van der Waals surface area contributed by atoms with E-state index in [0.29, 0.717) is 0 Å². The summed E-state index contributed by atoms with van der Waals surface area (Å²) >= 11 is 5.44. The molecule has 0 saturated carbocycles. The van der Waals surface area contributed by atoms with E-state index in [0.717, 1.165) is 45.8 Å². The van der Waals surface area contributed by atoms with Crippen molar-refractivity contribution in [3.05, 3.63) is 20.8 Å². The van der Waals surface area contributed by atoms with Gasteiger partial charge < -0.3 is 14.8 Å². The number of halogens is 1. The zero-order chi connectivity index (χ0) is 12.8. The standard InChI is InChI=1S/C13H20BrNO2S/c1-16-6-4-15-9-13(3-5-17-10-13)8-12-11(14)2-7-18-12/h2,7,15H,3-6,8-10H2,1H3. The molecule has 0 aliphatic carbocycles. The summed E-state index contributed by atoms with van der Waals surface area (Å²) in [6.07, 6.45) is 2.22. The first-order chi connectivity index (χ1) is 8.76. The molecule has 5 heteroatoms. The van der Waals surface area contributed by atoms with E-state index in [-0.39, 0.29) is 5.41 Å². The summed E-state index contributed by atoms with van der Waals surface area (Å²) in [5.41, 5.74) is 0.251. The summed E-state index contributed by atoms with van der Waals surface area (Å²) in [6.45, 7) is 4.41. The molecule has 1 N–H and O–H groups in total. The number of rotatable bonds is 7. The Bertz CT molecular complexity index is 364. The largest absolute Gasteiger partial charge is 0.383 e. The molecule has 0 bridgehead atoms. The molecule has 0 aromatic carbocycles. The van der Waals surface area contributed by atoms with Gasteiger partial charge in [-0.2, -0.15) is 0 Å². The van der Waals surface area contributed by atoms with Gasteiger partial charge in [-0.3, -0.25) is 0 Å². The highest BCUT2D eigenvalue weighted by molar-refractivity contribution is 9.10. The fourth-order valence-corrected chi connectivity index (χ4v) is 3.98. The maximum atomic E-state index is 5.62. The third kappa shape index (κ3) is 3.78. The van der Waals surface area contributed by atoms with Gasteiger partial charge in [-0.05, 0) is 40.2 Å². The van der Waals surface area contributed by atoms with Gasteiger partial charge in [-0.15, -0.1) is 11.3 Å². The normalized spacial score (nSPS) is 23.7. The smallest absolute Gasteiger partial charge is 0.0587 e. The third-order valence-corrected chi connectivity index (χ3v) is 5.32. The lowest BCUT2D eigenvalue weighted by molar-refractivity contribution is 0.145. The highest BCUT2D eigenvalue weighted by Gasteiger charge is 2.35. The van der Waals surface area contributed by atoms with Gasteiger partial charge in [0, 0.05) is 41.6 Å². The zero-order valence-corrected chi connectivity index (χ0v) is 13.1. The number of ether oxygens (including phenoxy) is 2. The van der Waals surface area contributed by atoms with E-state index < -0.39 is 0 Å². The van der Waals surface area contributed by atoms with Crippen molar-refractivity contribution in [2.75, 3.05) is 40.0 Å². The Hall–Kier alpha value is 0.0600. The predicted molar refractivity (Wildman–Crippen MR) is 78.3 cm³/mol. The zero-order valence-electron chi connectivity index (χ0n) is 10.7. The Morgan fingerprint density at radius 2 is 2.50 bits per heavy atom. The van der Waals surface area contributed by atoms with Crippen LogP contribution < -0.4 is 5.32 Å². The maximum Gasteiger partial charge on any atom is 0.0587 e. The van der Waals surface area contributed by atoms with Crippen LogP contribution in [0.2, 0.25) is 0 Å². The van der Waals surface area contributed by atoms with E-state index >= 15 is 0 Å². The second-order valence-corrected chi connectivity index (χ2v) is 6.70. The van der Waals surface area contributed by atoms with Gasteiger partial charge in [0.1, 0.15) is 0 Å². The molecule has 102 valence electrons. The first-order valence-electron chi connectivity index (χ1n) is 6.25. The Balaban J connectivity index is 1.92. The fourth-order valence-electron chi connectivity index (χ4n) is 2.31. The Morgan fingerprint density at radius 3 is 3.11 bits per heavy atom. The van der Waals surface area contributed by atoms with Crippen LogP contribution in [0.25, 0.3) is 0 Å². The molecule has 2 rings (SSSR count). The van der Waals surface area contributed by atoms with E-state index in [1.165, 1.54) is 9.35 Å². The van der Waals surface area contributed by atoms with Crippen molar-refractivity contribution in [2.24, 2.45) is 5.41 Å². The molecular weight excluding hydrogens is 314 g/mol. The molecule has 3 nitrogen and oxygen atoms in total. The fraction of sp³-hybridized carbons (Fsp3) is 0.692. The first kappa shape index (κ1) is 14.5. The summed E-state index contributed by atoms with van der Waals surface area (Å²) < 4.78 is 11.9. The van der Waals surface area contributed by atoms with Crippen molar-refractivity contribution in [3.63, 3.8) is 0 Å². The Labute approximate surface area is 121 Å². The topological polar surface area (TPSA) is 30.5 Å². The van der Waals surface area contributed by atoms with Crippen LogP contribution in [0.1, 0.15) is 11.3 Å². The van der Waals surface area contributed by atoms with E-state index in [2.05, 4.69) is 32.7 Å². The maximum absolute atomic E-state index is 5.62. The van der Waals surface area contributed by atoms with Crippen LogP contribution in [0.5, 0.6) is 0 Å². The van der Waals surface area contributed by atoms with E-state index in [4.69, 9.17) is 9.47 Å². The number of nitrogens with one attached hydrogen (secondary N) is 1. The monoisotopic (exact) mass is 333 g/mol. The summed E-state index contributed by atoms with van der Waals surface area (Å²) in [5.74, 6) is 0. The van der Waals surface area contributed by atoms with Crippen LogP contribution in [-0.4, -0.2) is 40.0 Å². The SMILES string of the molecule is COCCNCC1(Cc2sccc2Br)CCOC1. The van der Waals surface area contributed by atoms with Gasteiger partial charge in [0.15, 0.2) is 0 Å². The molecule has 1 aromatic heterocycles. The molecule has 0 amide bonds. The molecule has 18 heavy (non-hydrogen) atoms. The van der Waals surface area contributed by atoms with Crippen LogP contribution in [-0.2, 0) is 15.9 Å². The second kappa shape index (κ2) is 7.01. The van der Waals surface area contributed by atoms with Crippen LogP contribution in [0.4, 0.5) is 0 Å². The van der Waals surface area contributed by atoms with Gasteiger partial charge in [0.25, 0.3) is 0 Å². The summed E-state index contributed by atoms with van der Waals surface area (Å²) in [6, 6.07) is 2.13. The highest BCUT2D eigenvalue weighted by atomic mass is 79.9. The summed E-state index contributed by atoms with van der Waals surface area (Å²) in [4.78, 5) is 1.43. The van der Waals surface area contributed by atoms with Crippen LogP contribution in [0, 0.1) is 5.41 Å². The van der Waals surface area contributed by atoms with Crippen LogP contribution in [0.3, 0.4) is 0 Å². The minimum absolute atomic E-state index is 0.251. The molecule has 0 radical (unpaired) electrons. The van der Waals surface area contributed by atoms with E-state index in [1.54, 1.807) is 7.11 Å². The molecule has 1 saturated heterocycles. The minimum Gasteiger partial charge on any atom is -0.383 e. The molecule has 1 atom stereocenters. The third-order valence-electron chi connectivity index (χ3n) is 3.39. The minimum atomic E-state index is 0.251. The molecule has 1 fully saturated rings. The van der Waals surface area contributed by atoms with Gasteiger partial charge in [0.05, 0.1) is 13.2 Å².